The zero-order valence-corrected chi connectivity index (χ0v) is 19.3. The maximum Gasteiger partial charge on any atom is 0.488 e. The molecule has 0 bridgehead atoms. The van der Waals surface area contributed by atoms with Gasteiger partial charge in [-0.05, 0) is 27.7 Å². The first-order valence-corrected chi connectivity index (χ1v) is 12.1. The van der Waals surface area contributed by atoms with Gasteiger partial charge in [0.1, 0.15) is 0 Å². The van der Waals surface area contributed by atoms with E-state index in [0.29, 0.717) is 5.46 Å². The van der Waals surface area contributed by atoms with Gasteiger partial charge in [0.25, 0.3) is 0 Å². The maximum absolute atomic E-state index is 9.26. The first kappa shape index (κ1) is 23.3. The molecule has 0 atom stereocenters. The second-order valence-electron chi connectivity index (χ2n) is 7.92. The molecule has 0 fully saturated rings. The number of benzene rings is 4. The highest BCUT2D eigenvalue weighted by atomic mass is 32.2. The average molecular weight is 453 g/mol. The number of hydrogen-bond donors (Lipinski definition) is 3. The molecule has 4 aromatic rings. The second-order valence-corrected chi connectivity index (χ2v) is 9.23. The largest absolute Gasteiger partial charge is 0.488 e. The van der Waals surface area contributed by atoms with Crippen molar-refractivity contribution in [3.63, 3.8) is 0 Å². The van der Waals surface area contributed by atoms with Gasteiger partial charge in [-0.1, -0.05) is 115 Å². The summed E-state index contributed by atoms with van der Waals surface area (Å²) in [6, 6.07) is 39.6. The van der Waals surface area contributed by atoms with E-state index in [1.54, 1.807) is 12.1 Å². The summed E-state index contributed by atoms with van der Waals surface area (Å²) in [4.78, 5) is 0. The van der Waals surface area contributed by atoms with Gasteiger partial charge in [-0.25, -0.2) is 0 Å². The third-order valence-electron chi connectivity index (χ3n) is 5.75. The van der Waals surface area contributed by atoms with Crippen molar-refractivity contribution in [2.24, 2.45) is 0 Å². The molecule has 166 valence electrons. The molecule has 33 heavy (non-hydrogen) atoms. The lowest BCUT2D eigenvalue weighted by Gasteiger charge is -2.35. The summed E-state index contributed by atoms with van der Waals surface area (Å²) in [6.07, 6.45) is 0. The van der Waals surface area contributed by atoms with Crippen molar-refractivity contribution in [2.75, 3.05) is 12.3 Å². The van der Waals surface area contributed by atoms with E-state index in [-0.39, 0.29) is 4.75 Å². The van der Waals surface area contributed by atoms with Crippen molar-refractivity contribution in [1.82, 2.24) is 5.32 Å². The van der Waals surface area contributed by atoms with E-state index < -0.39 is 7.12 Å². The van der Waals surface area contributed by atoms with E-state index in [1.807, 2.05) is 23.9 Å². The molecule has 3 N–H and O–H groups in total. The fraction of sp³-hybridized carbons (Fsp3) is 0.143. The van der Waals surface area contributed by atoms with Gasteiger partial charge in [-0.3, -0.25) is 0 Å². The Labute approximate surface area is 200 Å². The van der Waals surface area contributed by atoms with E-state index in [4.69, 9.17) is 0 Å². The molecule has 0 amide bonds. The molecular weight excluding hydrogens is 425 g/mol. The van der Waals surface area contributed by atoms with Gasteiger partial charge in [-0.15, -0.1) is 11.8 Å². The van der Waals surface area contributed by atoms with Crippen molar-refractivity contribution in [1.29, 1.82) is 0 Å². The van der Waals surface area contributed by atoms with Crippen molar-refractivity contribution < 1.29 is 10.0 Å². The molecule has 0 spiro atoms. The molecule has 0 aliphatic carbocycles. The van der Waals surface area contributed by atoms with Crippen LogP contribution >= 0.6 is 11.8 Å². The standard InChI is InChI=1S/C28H28BNO2S/c31-29(32)27-18-16-23(17-19-27)22-30-20-21-33-28(24-10-4-1-5-11-24,25-12-6-2-7-13-25)26-14-8-3-9-15-26/h1-19,30-32H,20-22H2. The summed E-state index contributed by atoms with van der Waals surface area (Å²) in [5.74, 6) is 0.923. The summed E-state index contributed by atoms with van der Waals surface area (Å²) in [7, 11) is -1.43. The monoisotopic (exact) mass is 453 g/mol. The molecule has 5 heteroatoms. The molecule has 0 heterocycles. The Hall–Kier alpha value is -2.83. The highest BCUT2D eigenvalue weighted by Crippen LogP contribution is 2.48. The van der Waals surface area contributed by atoms with Crippen LogP contribution in [-0.2, 0) is 11.3 Å². The smallest absolute Gasteiger partial charge is 0.423 e. The van der Waals surface area contributed by atoms with E-state index >= 15 is 0 Å². The van der Waals surface area contributed by atoms with Crippen LogP contribution in [0.1, 0.15) is 22.3 Å². The highest BCUT2D eigenvalue weighted by molar-refractivity contribution is 8.00. The normalized spacial score (nSPS) is 11.3. The first-order valence-electron chi connectivity index (χ1n) is 11.2. The Morgan fingerprint density at radius 2 is 1.09 bits per heavy atom. The van der Waals surface area contributed by atoms with Crippen LogP contribution < -0.4 is 10.8 Å². The summed E-state index contributed by atoms with van der Waals surface area (Å²) in [5, 5.41) is 22.0. The molecule has 0 saturated heterocycles. The van der Waals surface area contributed by atoms with Gasteiger partial charge >= 0.3 is 7.12 Å². The lowest BCUT2D eigenvalue weighted by Crippen LogP contribution is -2.30. The minimum Gasteiger partial charge on any atom is -0.423 e. The number of nitrogens with one attached hydrogen (secondary N) is 1. The molecule has 4 rings (SSSR count). The molecule has 4 aromatic carbocycles. The molecule has 0 aliphatic rings. The van der Waals surface area contributed by atoms with Crippen LogP contribution in [-0.4, -0.2) is 29.5 Å². The minimum atomic E-state index is -1.43. The Bertz CT molecular complexity index is 1010. The van der Waals surface area contributed by atoms with Crippen molar-refractivity contribution >= 4 is 24.3 Å². The Kier molecular flexibility index (Phi) is 8.03. The average Bonchev–Trinajstić information content (AvgIpc) is 2.88. The molecular formula is C28H28BNO2S. The Morgan fingerprint density at radius 1 is 0.636 bits per heavy atom. The van der Waals surface area contributed by atoms with Crippen molar-refractivity contribution in [3.8, 4) is 0 Å². The van der Waals surface area contributed by atoms with Crippen LogP contribution in [0.4, 0.5) is 0 Å². The van der Waals surface area contributed by atoms with Gasteiger partial charge in [0.15, 0.2) is 0 Å². The fourth-order valence-corrected chi connectivity index (χ4v) is 5.55. The lowest BCUT2D eigenvalue weighted by atomic mass is 9.80. The quantitative estimate of drug-likeness (QED) is 0.192. The molecule has 0 unspecified atom stereocenters. The van der Waals surface area contributed by atoms with Crippen molar-refractivity contribution in [2.45, 2.75) is 11.3 Å². The second kappa shape index (κ2) is 11.3. The van der Waals surface area contributed by atoms with Crippen LogP contribution in [0.3, 0.4) is 0 Å². The minimum absolute atomic E-state index is 0.301. The first-order chi connectivity index (χ1) is 16.2. The summed E-state index contributed by atoms with van der Waals surface area (Å²) in [5.41, 5.74) is 5.43. The summed E-state index contributed by atoms with van der Waals surface area (Å²) in [6.45, 7) is 1.58. The topological polar surface area (TPSA) is 52.5 Å². The van der Waals surface area contributed by atoms with Gasteiger partial charge in [0.05, 0.1) is 4.75 Å². The fourth-order valence-electron chi connectivity index (χ4n) is 4.09. The third-order valence-corrected chi connectivity index (χ3v) is 7.29. The number of hydrogen-bond acceptors (Lipinski definition) is 4. The summed E-state index contributed by atoms with van der Waals surface area (Å²) < 4.78 is -0.301. The molecule has 0 aromatic heterocycles. The summed E-state index contributed by atoms with van der Waals surface area (Å²) >= 11 is 1.94. The van der Waals surface area contributed by atoms with Crippen LogP contribution in [0.2, 0.25) is 0 Å². The van der Waals surface area contributed by atoms with E-state index in [2.05, 4.69) is 96.3 Å². The van der Waals surface area contributed by atoms with Gasteiger partial charge < -0.3 is 15.4 Å². The van der Waals surface area contributed by atoms with Crippen LogP contribution in [0.5, 0.6) is 0 Å². The predicted octanol–water partition coefficient (Wildman–Crippen LogP) is 4.18. The zero-order valence-electron chi connectivity index (χ0n) is 18.5. The zero-order chi connectivity index (χ0) is 22.9. The molecule has 0 radical (unpaired) electrons. The van der Waals surface area contributed by atoms with Crippen molar-refractivity contribution in [3.05, 3.63) is 138 Å². The SMILES string of the molecule is OB(O)c1ccc(CNCCSC(c2ccccc2)(c2ccccc2)c2ccccc2)cc1. The Morgan fingerprint density at radius 3 is 1.52 bits per heavy atom. The van der Waals surface area contributed by atoms with E-state index in [9.17, 15) is 10.0 Å². The van der Waals surface area contributed by atoms with Gasteiger partial charge in [-0.2, -0.15) is 0 Å². The highest BCUT2D eigenvalue weighted by Gasteiger charge is 2.36. The van der Waals surface area contributed by atoms with Gasteiger partial charge in [0, 0.05) is 18.8 Å². The predicted molar refractivity (Wildman–Crippen MR) is 140 cm³/mol. The maximum atomic E-state index is 9.26. The Balaban J connectivity index is 1.53. The van der Waals surface area contributed by atoms with E-state index in [1.165, 1.54) is 16.7 Å². The van der Waals surface area contributed by atoms with Crippen LogP contribution in [0, 0.1) is 0 Å². The van der Waals surface area contributed by atoms with Crippen LogP contribution in [0.15, 0.2) is 115 Å². The molecule has 3 nitrogen and oxygen atoms in total. The van der Waals surface area contributed by atoms with Gasteiger partial charge in [0.2, 0.25) is 0 Å². The van der Waals surface area contributed by atoms with Crippen LogP contribution in [0.25, 0.3) is 0 Å². The lowest BCUT2D eigenvalue weighted by molar-refractivity contribution is 0.426. The third kappa shape index (κ3) is 5.57. The number of thioether (sulfide) groups is 1. The molecule has 0 aliphatic heterocycles. The number of rotatable bonds is 10. The molecule has 0 saturated carbocycles. The van der Waals surface area contributed by atoms with E-state index in [0.717, 1.165) is 24.4 Å².